The standard InChI is InChI=1S/C9H12ClN/c1-6-5-11-9(4-10)8(3)7(6)2/h5H,4H2,1-3H3. The van der Waals surface area contributed by atoms with E-state index in [1.807, 2.05) is 6.20 Å². The largest absolute Gasteiger partial charge is 0.259 e. The van der Waals surface area contributed by atoms with Crippen LogP contribution in [0.5, 0.6) is 0 Å². The summed E-state index contributed by atoms with van der Waals surface area (Å²) in [5, 5.41) is 0. The van der Waals surface area contributed by atoms with Crippen molar-refractivity contribution in [3.05, 3.63) is 28.6 Å². The van der Waals surface area contributed by atoms with Crippen LogP contribution in [0.2, 0.25) is 0 Å². The van der Waals surface area contributed by atoms with E-state index in [1.165, 1.54) is 16.7 Å². The van der Waals surface area contributed by atoms with Crippen LogP contribution in [0.3, 0.4) is 0 Å². The second kappa shape index (κ2) is 3.22. The van der Waals surface area contributed by atoms with Crippen LogP contribution in [0.1, 0.15) is 22.4 Å². The van der Waals surface area contributed by atoms with E-state index in [2.05, 4.69) is 25.8 Å². The molecule has 0 saturated heterocycles. The summed E-state index contributed by atoms with van der Waals surface area (Å²) < 4.78 is 0. The molecule has 0 saturated carbocycles. The summed E-state index contributed by atoms with van der Waals surface area (Å²) in [7, 11) is 0. The van der Waals surface area contributed by atoms with Crippen molar-refractivity contribution in [2.45, 2.75) is 26.7 Å². The van der Waals surface area contributed by atoms with Gasteiger partial charge in [0.25, 0.3) is 0 Å². The molecule has 0 amide bonds. The molecule has 2 heteroatoms. The molecule has 1 nitrogen and oxygen atoms in total. The van der Waals surface area contributed by atoms with E-state index in [-0.39, 0.29) is 0 Å². The summed E-state index contributed by atoms with van der Waals surface area (Å²) in [6.07, 6.45) is 1.88. The molecule has 0 bridgehead atoms. The van der Waals surface area contributed by atoms with Gasteiger partial charge in [0.15, 0.2) is 0 Å². The van der Waals surface area contributed by atoms with E-state index < -0.39 is 0 Å². The van der Waals surface area contributed by atoms with Crippen LogP contribution in [-0.4, -0.2) is 4.98 Å². The van der Waals surface area contributed by atoms with Crippen LogP contribution < -0.4 is 0 Å². The van der Waals surface area contributed by atoms with Crippen LogP contribution in [0.25, 0.3) is 0 Å². The highest BCUT2D eigenvalue weighted by atomic mass is 35.5. The summed E-state index contributed by atoms with van der Waals surface area (Å²) >= 11 is 5.69. The summed E-state index contributed by atoms with van der Waals surface area (Å²) in [4.78, 5) is 4.23. The molecular weight excluding hydrogens is 158 g/mol. The topological polar surface area (TPSA) is 12.9 Å². The lowest BCUT2D eigenvalue weighted by Crippen LogP contribution is -1.95. The van der Waals surface area contributed by atoms with Gasteiger partial charge in [-0.3, -0.25) is 4.98 Å². The predicted octanol–water partition coefficient (Wildman–Crippen LogP) is 2.75. The highest BCUT2D eigenvalue weighted by Gasteiger charge is 2.02. The molecule has 0 N–H and O–H groups in total. The molecule has 0 aliphatic carbocycles. The first-order valence-electron chi connectivity index (χ1n) is 3.64. The number of halogens is 1. The van der Waals surface area contributed by atoms with Crippen LogP contribution in [0.4, 0.5) is 0 Å². The van der Waals surface area contributed by atoms with Gasteiger partial charge in [-0.1, -0.05) is 0 Å². The Hall–Kier alpha value is -0.560. The van der Waals surface area contributed by atoms with Gasteiger partial charge in [0, 0.05) is 6.20 Å². The lowest BCUT2D eigenvalue weighted by Gasteiger charge is -2.06. The molecule has 0 unspecified atom stereocenters. The van der Waals surface area contributed by atoms with E-state index in [0.29, 0.717) is 5.88 Å². The average molecular weight is 170 g/mol. The number of nitrogens with zero attached hydrogens (tertiary/aromatic N) is 1. The van der Waals surface area contributed by atoms with E-state index in [4.69, 9.17) is 11.6 Å². The van der Waals surface area contributed by atoms with Crippen LogP contribution in [-0.2, 0) is 5.88 Å². The van der Waals surface area contributed by atoms with E-state index in [0.717, 1.165) is 5.69 Å². The smallest absolute Gasteiger partial charge is 0.0650 e. The van der Waals surface area contributed by atoms with Crippen LogP contribution in [0, 0.1) is 20.8 Å². The van der Waals surface area contributed by atoms with Crippen molar-refractivity contribution >= 4 is 11.6 Å². The maximum atomic E-state index is 5.69. The quantitative estimate of drug-likeness (QED) is 0.590. The minimum atomic E-state index is 0.507. The fourth-order valence-electron chi connectivity index (χ4n) is 1.02. The number of aromatic nitrogens is 1. The van der Waals surface area contributed by atoms with E-state index in [1.54, 1.807) is 0 Å². The van der Waals surface area contributed by atoms with Crippen LogP contribution in [0.15, 0.2) is 6.20 Å². The predicted molar refractivity (Wildman–Crippen MR) is 48.0 cm³/mol. The van der Waals surface area contributed by atoms with Crippen LogP contribution >= 0.6 is 11.6 Å². The van der Waals surface area contributed by atoms with Gasteiger partial charge in [-0.15, -0.1) is 11.6 Å². The van der Waals surface area contributed by atoms with Gasteiger partial charge in [0.1, 0.15) is 0 Å². The fraction of sp³-hybridized carbons (Fsp3) is 0.444. The Bertz CT molecular complexity index is 269. The van der Waals surface area contributed by atoms with Crippen molar-refractivity contribution in [1.29, 1.82) is 0 Å². The molecule has 1 rings (SSSR count). The molecule has 0 fully saturated rings. The lowest BCUT2D eigenvalue weighted by atomic mass is 10.1. The first-order chi connectivity index (χ1) is 5.16. The van der Waals surface area contributed by atoms with E-state index >= 15 is 0 Å². The molecule has 1 aromatic rings. The summed E-state index contributed by atoms with van der Waals surface area (Å²) in [5.74, 6) is 0.507. The zero-order valence-electron chi connectivity index (χ0n) is 7.11. The maximum absolute atomic E-state index is 5.69. The molecule has 0 atom stereocenters. The summed E-state index contributed by atoms with van der Waals surface area (Å²) in [6.45, 7) is 6.22. The average Bonchev–Trinajstić information content (AvgIpc) is 2.01. The van der Waals surface area contributed by atoms with Crippen molar-refractivity contribution in [3.63, 3.8) is 0 Å². The Kier molecular flexibility index (Phi) is 2.50. The van der Waals surface area contributed by atoms with Gasteiger partial charge in [0.05, 0.1) is 11.6 Å². The lowest BCUT2D eigenvalue weighted by molar-refractivity contribution is 1.07. The third-order valence-electron chi connectivity index (χ3n) is 2.13. The molecule has 0 aliphatic heterocycles. The SMILES string of the molecule is Cc1cnc(CCl)c(C)c1C. The number of hydrogen-bond acceptors (Lipinski definition) is 1. The fourth-order valence-corrected chi connectivity index (χ4v) is 1.28. The van der Waals surface area contributed by atoms with Gasteiger partial charge in [-0.2, -0.15) is 0 Å². The second-order valence-corrected chi connectivity index (χ2v) is 3.04. The third-order valence-corrected chi connectivity index (χ3v) is 2.38. The molecular formula is C9H12ClN. The van der Waals surface area contributed by atoms with Gasteiger partial charge >= 0.3 is 0 Å². The van der Waals surface area contributed by atoms with Crippen molar-refractivity contribution in [2.24, 2.45) is 0 Å². The van der Waals surface area contributed by atoms with Crippen molar-refractivity contribution in [1.82, 2.24) is 4.98 Å². The molecule has 0 radical (unpaired) electrons. The zero-order chi connectivity index (χ0) is 8.43. The Labute approximate surface area is 72.4 Å². The number of hydrogen-bond donors (Lipinski definition) is 0. The van der Waals surface area contributed by atoms with Gasteiger partial charge < -0.3 is 0 Å². The Morgan fingerprint density at radius 3 is 2.45 bits per heavy atom. The number of aryl methyl sites for hydroxylation is 1. The van der Waals surface area contributed by atoms with Crippen molar-refractivity contribution in [3.8, 4) is 0 Å². The first kappa shape index (κ1) is 8.54. The van der Waals surface area contributed by atoms with Gasteiger partial charge in [-0.25, -0.2) is 0 Å². The Morgan fingerprint density at radius 1 is 1.27 bits per heavy atom. The second-order valence-electron chi connectivity index (χ2n) is 2.77. The number of alkyl halides is 1. The minimum Gasteiger partial charge on any atom is -0.259 e. The monoisotopic (exact) mass is 169 g/mol. The minimum absolute atomic E-state index is 0.507. The third kappa shape index (κ3) is 1.54. The van der Waals surface area contributed by atoms with E-state index in [9.17, 15) is 0 Å². The molecule has 0 aromatic carbocycles. The zero-order valence-corrected chi connectivity index (χ0v) is 7.87. The molecule has 1 aromatic heterocycles. The first-order valence-corrected chi connectivity index (χ1v) is 4.18. The maximum Gasteiger partial charge on any atom is 0.0650 e. The summed E-state index contributed by atoms with van der Waals surface area (Å²) in [6, 6.07) is 0. The highest BCUT2D eigenvalue weighted by molar-refractivity contribution is 6.17. The summed E-state index contributed by atoms with van der Waals surface area (Å²) in [5.41, 5.74) is 4.75. The Morgan fingerprint density at radius 2 is 1.91 bits per heavy atom. The normalized spacial score (nSPS) is 10.2. The molecule has 1 heterocycles. The van der Waals surface area contributed by atoms with Crippen molar-refractivity contribution in [2.75, 3.05) is 0 Å². The highest BCUT2D eigenvalue weighted by Crippen LogP contribution is 2.15. The van der Waals surface area contributed by atoms with Gasteiger partial charge in [-0.05, 0) is 37.5 Å². The Balaban J connectivity index is 3.25. The van der Waals surface area contributed by atoms with Crippen molar-refractivity contribution < 1.29 is 0 Å². The van der Waals surface area contributed by atoms with Gasteiger partial charge in [0.2, 0.25) is 0 Å². The molecule has 0 aliphatic rings. The molecule has 60 valence electrons. The number of pyridine rings is 1. The number of rotatable bonds is 1. The molecule has 11 heavy (non-hydrogen) atoms. The molecule has 0 spiro atoms.